The maximum Gasteiger partial charge on any atom is 0.293 e. The fourth-order valence-electron chi connectivity index (χ4n) is 3.21. The zero-order valence-corrected chi connectivity index (χ0v) is 17.7. The zero-order chi connectivity index (χ0) is 23.2. The van der Waals surface area contributed by atoms with Crippen LogP contribution in [0.4, 0.5) is 17.1 Å². The molecule has 4 aromatic rings. The Kier molecular flexibility index (Phi) is 6.26. The van der Waals surface area contributed by atoms with Gasteiger partial charge in [0.15, 0.2) is 5.76 Å². The van der Waals surface area contributed by atoms with E-state index in [-0.39, 0.29) is 17.6 Å². The number of rotatable bonds is 6. The Morgan fingerprint density at radius 3 is 2.33 bits per heavy atom. The molecule has 3 amide bonds. The molecule has 8 heteroatoms. The molecule has 0 spiro atoms. The third kappa shape index (κ3) is 4.96. The summed E-state index contributed by atoms with van der Waals surface area (Å²) in [5.74, 6) is -0.950. The highest BCUT2D eigenvalue weighted by molar-refractivity contribution is 6.13. The molecule has 33 heavy (non-hydrogen) atoms. The molecular weight excluding hydrogens is 420 g/mol. The minimum Gasteiger partial charge on any atom is -0.459 e. The van der Waals surface area contributed by atoms with Crippen molar-refractivity contribution in [3.8, 4) is 0 Å². The quantitative estimate of drug-likeness (QED) is 0.461. The summed E-state index contributed by atoms with van der Waals surface area (Å²) in [6, 6.07) is 19.9. The van der Waals surface area contributed by atoms with Gasteiger partial charge in [-0.05, 0) is 54.6 Å². The first-order valence-electron chi connectivity index (χ1n) is 10.1. The summed E-state index contributed by atoms with van der Waals surface area (Å²) in [6.45, 7) is 0. The van der Waals surface area contributed by atoms with Crippen LogP contribution in [0.1, 0.15) is 31.3 Å². The molecule has 164 valence electrons. The molecule has 0 unspecified atom stereocenters. The predicted molar refractivity (Wildman–Crippen MR) is 124 cm³/mol. The first kappa shape index (κ1) is 21.5. The van der Waals surface area contributed by atoms with Crippen LogP contribution in [0.15, 0.2) is 95.9 Å². The van der Waals surface area contributed by atoms with Crippen LogP contribution in [0.3, 0.4) is 0 Å². The maximum absolute atomic E-state index is 13.0. The van der Waals surface area contributed by atoms with Gasteiger partial charge in [-0.15, -0.1) is 0 Å². The van der Waals surface area contributed by atoms with Gasteiger partial charge < -0.3 is 20.0 Å². The smallest absolute Gasteiger partial charge is 0.293 e. The Bertz CT molecular complexity index is 1290. The number of pyridine rings is 1. The van der Waals surface area contributed by atoms with Crippen molar-refractivity contribution in [3.63, 3.8) is 0 Å². The largest absolute Gasteiger partial charge is 0.459 e. The lowest BCUT2D eigenvalue weighted by atomic mass is 10.1. The van der Waals surface area contributed by atoms with Crippen molar-refractivity contribution in [2.24, 2.45) is 0 Å². The van der Waals surface area contributed by atoms with Crippen molar-refractivity contribution in [2.45, 2.75) is 0 Å². The first-order valence-corrected chi connectivity index (χ1v) is 10.1. The Balaban J connectivity index is 1.52. The van der Waals surface area contributed by atoms with Crippen LogP contribution in [0.25, 0.3) is 0 Å². The van der Waals surface area contributed by atoms with Crippen molar-refractivity contribution >= 4 is 34.8 Å². The highest BCUT2D eigenvalue weighted by atomic mass is 16.3. The normalized spacial score (nSPS) is 10.3. The Hall–Kier alpha value is -4.72. The lowest BCUT2D eigenvalue weighted by molar-refractivity contribution is 0.0965. The van der Waals surface area contributed by atoms with Crippen LogP contribution in [0.5, 0.6) is 0 Å². The monoisotopic (exact) mass is 440 g/mol. The van der Waals surface area contributed by atoms with Gasteiger partial charge in [-0.2, -0.15) is 0 Å². The molecule has 4 rings (SSSR count). The van der Waals surface area contributed by atoms with Crippen LogP contribution >= 0.6 is 0 Å². The average Bonchev–Trinajstić information content (AvgIpc) is 3.39. The van der Waals surface area contributed by atoms with Gasteiger partial charge in [0, 0.05) is 36.4 Å². The number of aromatic nitrogens is 1. The van der Waals surface area contributed by atoms with Crippen LogP contribution in [-0.4, -0.2) is 29.8 Å². The molecule has 0 aliphatic rings. The molecule has 0 aliphatic heterocycles. The summed E-state index contributed by atoms with van der Waals surface area (Å²) < 4.78 is 5.18. The number of nitrogens with zero attached hydrogens (tertiary/aromatic N) is 2. The highest BCUT2D eigenvalue weighted by Gasteiger charge is 2.21. The maximum atomic E-state index is 13.0. The lowest BCUT2D eigenvalue weighted by Crippen LogP contribution is -2.28. The van der Waals surface area contributed by atoms with Crippen molar-refractivity contribution in [2.75, 3.05) is 22.6 Å². The number of carbonyl (C=O) groups is 3. The van der Waals surface area contributed by atoms with E-state index < -0.39 is 5.91 Å². The SMILES string of the molecule is CN(C(=O)c1ccco1)c1ccccc1C(=O)Nc1cccc(C(=O)Nc2ccncc2)c1. The number of para-hydroxylation sites is 1. The molecule has 2 aromatic carbocycles. The van der Waals surface area contributed by atoms with Gasteiger partial charge in [0.1, 0.15) is 0 Å². The second-order valence-electron chi connectivity index (χ2n) is 7.08. The number of benzene rings is 2. The van der Waals surface area contributed by atoms with Gasteiger partial charge in [-0.3, -0.25) is 19.4 Å². The molecule has 0 fully saturated rings. The summed E-state index contributed by atoms with van der Waals surface area (Å²) in [5.41, 5.74) is 2.15. The van der Waals surface area contributed by atoms with Crippen molar-refractivity contribution in [1.82, 2.24) is 4.98 Å². The standard InChI is InChI=1S/C25H20N4O4/c1-29(25(32)22-10-5-15-33-22)21-9-3-2-8-20(21)24(31)28-19-7-4-6-17(16-19)23(30)27-18-11-13-26-14-12-18/h2-16H,1H3,(H,28,31)(H,26,27,30). The molecule has 0 radical (unpaired) electrons. The Morgan fingerprint density at radius 2 is 1.58 bits per heavy atom. The third-order valence-electron chi connectivity index (χ3n) is 4.87. The molecule has 0 bridgehead atoms. The summed E-state index contributed by atoms with van der Waals surface area (Å²) >= 11 is 0. The molecule has 2 aromatic heterocycles. The minimum atomic E-state index is -0.420. The predicted octanol–water partition coefficient (Wildman–Crippen LogP) is 4.46. The van der Waals surface area contributed by atoms with E-state index in [9.17, 15) is 14.4 Å². The number of nitrogens with one attached hydrogen (secondary N) is 2. The van der Waals surface area contributed by atoms with Crippen LogP contribution in [-0.2, 0) is 0 Å². The molecule has 8 nitrogen and oxygen atoms in total. The third-order valence-corrected chi connectivity index (χ3v) is 4.87. The summed E-state index contributed by atoms with van der Waals surface area (Å²) in [7, 11) is 1.57. The fourth-order valence-corrected chi connectivity index (χ4v) is 3.21. The number of amides is 3. The zero-order valence-electron chi connectivity index (χ0n) is 17.7. The van der Waals surface area contributed by atoms with Gasteiger partial charge in [0.2, 0.25) is 0 Å². The fraction of sp³-hybridized carbons (Fsp3) is 0.0400. The molecule has 0 aliphatic carbocycles. The van der Waals surface area contributed by atoms with Crippen LogP contribution in [0, 0.1) is 0 Å². The van der Waals surface area contributed by atoms with Gasteiger partial charge in [-0.1, -0.05) is 18.2 Å². The minimum absolute atomic E-state index is 0.167. The molecule has 0 saturated carbocycles. The molecular formula is C25H20N4O4. The number of hydrogen-bond acceptors (Lipinski definition) is 5. The van der Waals surface area contributed by atoms with E-state index in [1.807, 2.05) is 0 Å². The summed E-state index contributed by atoms with van der Waals surface area (Å²) in [6.07, 6.45) is 4.58. The molecule has 0 saturated heterocycles. The van der Waals surface area contributed by atoms with E-state index in [1.165, 1.54) is 11.2 Å². The van der Waals surface area contributed by atoms with E-state index in [0.717, 1.165) is 0 Å². The number of hydrogen-bond donors (Lipinski definition) is 2. The van der Waals surface area contributed by atoms with E-state index in [4.69, 9.17) is 4.42 Å². The van der Waals surface area contributed by atoms with Gasteiger partial charge in [0.25, 0.3) is 17.7 Å². The molecule has 2 heterocycles. The Morgan fingerprint density at radius 1 is 0.818 bits per heavy atom. The second-order valence-corrected chi connectivity index (χ2v) is 7.08. The second kappa shape index (κ2) is 9.61. The first-order chi connectivity index (χ1) is 16.0. The summed E-state index contributed by atoms with van der Waals surface area (Å²) in [5, 5.41) is 5.57. The number of carbonyl (C=O) groups excluding carboxylic acids is 3. The van der Waals surface area contributed by atoms with E-state index in [1.54, 1.807) is 92.2 Å². The van der Waals surface area contributed by atoms with Crippen molar-refractivity contribution in [1.29, 1.82) is 0 Å². The van der Waals surface area contributed by atoms with Crippen molar-refractivity contribution in [3.05, 3.63) is 108 Å². The average molecular weight is 440 g/mol. The van der Waals surface area contributed by atoms with Gasteiger partial charge in [0.05, 0.1) is 17.5 Å². The van der Waals surface area contributed by atoms with Crippen molar-refractivity contribution < 1.29 is 18.8 Å². The van der Waals surface area contributed by atoms with E-state index >= 15 is 0 Å². The molecule has 2 N–H and O–H groups in total. The lowest BCUT2D eigenvalue weighted by Gasteiger charge is -2.19. The topological polar surface area (TPSA) is 105 Å². The van der Waals surface area contributed by atoms with E-state index in [0.29, 0.717) is 28.2 Å². The van der Waals surface area contributed by atoms with Gasteiger partial charge in [-0.25, -0.2) is 0 Å². The van der Waals surface area contributed by atoms with Crippen LogP contribution < -0.4 is 15.5 Å². The van der Waals surface area contributed by atoms with Gasteiger partial charge >= 0.3 is 0 Å². The number of anilines is 3. The highest BCUT2D eigenvalue weighted by Crippen LogP contribution is 2.23. The Labute approximate surface area is 189 Å². The van der Waals surface area contributed by atoms with E-state index in [2.05, 4.69) is 15.6 Å². The number of furan rings is 1. The summed E-state index contributed by atoms with van der Waals surface area (Å²) in [4.78, 5) is 43.5. The van der Waals surface area contributed by atoms with Crippen LogP contribution in [0.2, 0.25) is 0 Å². The molecule has 0 atom stereocenters.